The van der Waals surface area contributed by atoms with E-state index in [0.29, 0.717) is 59.3 Å². The summed E-state index contributed by atoms with van der Waals surface area (Å²) in [5, 5.41) is 53.3. The van der Waals surface area contributed by atoms with Gasteiger partial charge in [-0.1, -0.05) is 71.0 Å². The van der Waals surface area contributed by atoms with Gasteiger partial charge in [0.05, 0.1) is 0 Å². The molecular formula is C82H122F3N21O3. The summed E-state index contributed by atoms with van der Waals surface area (Å²) in [5.41, 5.74) is 11.6. The molecule has 24 nitrogen and oxygen atoms in total. The maximum absolute atomic E-state index is 13.2. The van der Waals surface area contributed by atoms with E-state index in [1.807, 2.05) is 92.7 Å². The van der Waals surface area contributed by atoms with Gasteiger partial charge in [-0.15, -0.1) is 15.3 Å². The van der Waals surface area contributed by atoms with Crippen molar-refractivity contribution in [1.29, 1.82) is 0 Å². The molecule has 3 saturated heterocycles. The van der Waals surface area contributed by atoms with Gasteiger partial charge >= 0.3 is 18.1 Å². The van der Waals surface area contributed by atoms with Crippen molar-refractivity contribution in [1.82, 2.24) is 91.3 Å². The molecule has 3 fully saturated rings. The van der Waals surface area contributed by atoms with Crippen molar-refractivity contribution in [2.75, 3.05) is 81.4 Å². The van der Waals surface area contributed by atoms with Gasteiger partial charge < -0.3 is 46.6 Å². The monoisotopic (exact) mass is 1510 g/mol. The lowest BCUT2D eigenvalue weighted by Crippen LogP contribution is -2.41. The Hall–Kier alpha value is -9.99. The number of anilines is 3. The van der Waals surface area contributed by atoms with Crippen molar-refractivity contribution < 1.29 is 36.1 Å². The summed E-state index contributed by atoms with van der Waals surface area (Å²) in [7, 11) is 5.39. The minimum Gasteiger partial charge on any atom is -0.338 e. The number of carbonyl (C=O) groups is 3. The van der Waals surface area contributed by atoms with Gasteiger partial charge in [0.2, 0.25) is 0 Å². The minimum atomic E-state index is -0.219. The summed E-state index contributed by atoms with van der Waals surface area (Å²) >= 11 is 0. The van der Waals surface area contributed by atoms with Crippen molar-refractivity contribution >= 4 is 35.2 Å². The largest absolute Gasteiger partial charge is 0.338 e. The number of hydrogen-bond donors (Lipinski definition) is 6. The Labute approximate surface area is 648 Å². The zero-order valence-corrected chi connectivity index (χ0v) is 65.0. The number of likely N-dealkylation sites (tertiary alicyclic amines) is 3. The summed E-state index contributed by atoms with van der Waals surface area (Å²) in [4.78, 5) is 45.5. The average Bonchev–Trinajstić information content (AvgIpc) is 1.73. The standard InChI is InChI=1S/C28H38FN7O.2C27H36FN7O.6H2/c1-19(2)23-15-24(27-32-33-34-35(27)4)17-26(16-23)31-28(37)30-20(3)11-13-36-12-5-6-22(18-36)14-21-7-9-25(29)10-8-21;1-19(2)22-15-23(26-31-32-33-34(26)3)17-25(16-22)30-27(36)29-11-5-13-35-12-4-6-21(18-35)14-20-7-9-24(28)10-8-20;1-4-20-15-23(26-31-32-33-34(26)3)17-25(16-20)30-27(36)29-19(2)11-13-35-12-5-6-22(18-35)14-21-7-9-24(28)10-8-21;;;;;;/h7-10,15-17,19-20,22H,5-6,11-14,18H2,1-4H3,(H2,30,31,37);7-10,15-17,19,21H,4-6,11-14,18H2,1-3H3,(H2,29,30,36);7-10,15-17,19,22H,4-6,11-14,18H2,1-3H3,(H2,29,30,36);6*1H/t20-,22+;21-;19-,22+;;;;;;/m101....../s1. The molecule has 594 valence electrons. The molecule has 0 bridgehead atoms. The van der Waals surface area contributed by atoms with Crippen LogP contribution >= 0.6 is 0 Å². The van der Waals surface area contributed by atoms with Gasteiger partial charge in [-0.3, -0.25) is 0 Å². The van der Waals surface area contributed by atoms with Gasteiger partial charge in [0.1, 0.15) is 17.5 Å². The predicted molar refractivity (Wildman–Crippen MR) is 435 cm³/mol. The molecule has 6 N–H and O–H groups in total. The number of carbonyl (C=O) groups excluding carboxylic acids is 3. The zero-order valence-electron chi connectivity index (χ0n) is 65.0. The molecule has 3 aliphatic heterocycles. The molecule has 6 amide bonds. The van der Waals surface area contributed by atoms with Gasteiger partial charge in [-0.25, -0.2) is 41.6 Å². The lowest BCUT2D eigenvalue weighted by molar-refractivity contribution is 0.168. The summed E-state index contributed by atoms with van der Waals surface area (Å²) < 4.78 is 44.4. The molecule has 3 aromatic heterocycles. The van der Waals surface area contributed by atoms with Crippen LogP contribution < -0.4 is 31.9 Å². The third kappa shape index (κ3) is 25.8. The topological polar surface area (TPSA) is 264 Å². The van der Waals surface area contributed by atoms with Crippen LogP contribution in [0.4, 0.5) is 44.6 Å². The number of hydrogen-bond acceptors (Lipinski definition) is 15. The Morgan fingerprint density at radius 1 is 0.450 bits per heavy atom. The predicted octanol–water partition coefficient (Wildman–Crippen LogP) is 15.5. The van der Waals surface area contributed by atoms with E-state index in [2.05, 4.69) is 140 Å². The Morgan fingerprint density at radius 3 is 1.15 bits per heavy atom. The second kappa shape index (κ2) is 40.4. The van der Waals surface area contributed by atoms with Gasteiger partial charge in [0.15, 0.2) is 17.5 Å². The molecule has 5 atom stereocenters. The van der Waals surface area contributed by atoms with Gasteiger partial charge in [0.25, 0.3) is 0 Å². The van der Waals surface area contributed by atoms with Gasteiger partial charge in [-0.2, -0.15) is 0 Å². The molecule has 0 aliphatic carbocycles. The first-order chi connectivity index (χ1) is 52.5. The van der Waals surface area contributed by atoms with Crippen molar-refractivity contribution in [3.8, 4) is 34.2 Å². The van der Waals surface area contributed by atoms with Crippen LogP contribution in [0, 0.1) is 35.2 Å². The number of amides is 6. The number of aryl methyl sites for hydroxylation is 4. The van der Waals surface area contributed by atoms with Crippen LogP contribution in [0.3, 0.4) is 0 Å². The van der Waals surface area contributed by atoms with Crippen LogP contribution in [-0.4, -0.2) is 171 Å². The van der Waals surface area contributed by atoms with Crippen LogP contribution in [0.5, 0.6) is 0 Å². The lowest BCUT2D eigenvalue weighted by atomic mass is 9.91. The molecular weight excluding hydrogens is 1380 g/mol. The summed E-state index contributed by atoms with van der Waals surface area (Å²) in [6.07, 6.45) is 13.5. The second-order valence-electron chi connectivity index (χ2n) is 30.4. The fraction of sp³-hybridized carbons (Fsp3) is 0.488. The molecule has 0 radical (unpaired) electrons. The molecule has 0 saturated carbocycles. The zero-order chi connectivity index (χ0) is 77.3. The first kappa shape index (κ1) is 81.5. The number of nitrogens with zero attached hydrogens (tertiary/aromatic N) is 15. The molecule has 0 unspecified atom stereocenters. The van der Waals surface area contributed by atoms with Crippen molar-refractivity contribution in [3.05, 3.63) is 178 Å². The molecule has 12 rings (SSSR count). The summed E-state index contributed by atoms with van der Waals surface area (Å²) in [6.45, 7) is 24.4. The first-order valence-electron chi connectivity index (χ1n) is 38.8. The van der Waals surface area contributed by atoms with Crippen LogP contribution in [0.15, 0.2) is 127 Å². The Kier molecular flexibility index (Phi) is 30.3. The van der Waals surface area contributed by atoms with Crippen LogP contribution in [0.25, 0.3) is 34.2 Å². The fourth-order valence-electron chi connectivity index (χ4n) is 14.7. The quantitative estimate of drug-likeness (QED) is 0.0261. The maximum atomic E-state index is 13.2. The Bertz CT molecular complexity index is 4370. The van der Waals surface area contributed by atoms with E-state index in [0.717, 1.165) is 149 Å². The number of rotatable bonds is 27. The normalized spacial score (nSPS) is 16.8. The third-order valence-electron chi connectivity index (χ3n) is 20.6. The van der Waals surface area contributed by atoms with E-state index in [1.54, 1.807) is 71.6 Å². The number of urea groups is 3. The highest BCUT2D eigenvalue weighted by Crippen LogP contribution is 2.31. The third-order valence-corrected chi connectivity index (χ3v) is 20.6. The number of nitrogens with one attached hydrogen (secondary N) is 6. The molecule has 9 aromatic rings. The van der Waals surface area contributed by atoms with Crippen LogP contribution in [0.1, 0.15) is 160 Å². The SMILES string of the molecule is CC(C)c1cc(NC(=O)NCCCN2CCC[C@@H](Cc3ccc(F)cc3)C2)cc(-c2nnnn2C)c1.CC(C)c1cc(NC(=O)N[C@H](C)CCN2CCC[C@@H](Cc3ccc(F)cc3)C2)cc(-c2nnnn2C)c1.CCc1cc(NC(=O)N[C@H](C)CCN2CCC[C@@H](Cc3ccc(F)cc3)C2)cc(-c2nnnn2C)c1.[HH].[HH].[HH].[HH].[HH].[HH]. The molecule has 6 heterocycles. The van der Waals surface area contributed by atoms with Crippen molar-refractivity contribution in [2.24, 2.45) is 38.9 Å². The summed E-state index contributed by atoms with van der Waals surface area (Å²) in [6, 6.07) is 37.8. The van der Waals surface area contributed by atoms with Crippen LogP contribution in [-0.2, 0) is 46.8 Å². The maximum Gasteiger partial charge on any atom is 0.319 e. The smallest absolute Gasteiger partial charge is 0.319 e. The molecule has 0 spiro atoms. The van der Waals surface area contributed by atoms with E-state index in [4.69, 9.17) is 0 Å². The van der Waals surface area contributed by atoms with E-state index in [1.165, 1.54) is 55.2 Å². The second-order valence-corrected chi connectivity index (χ2v) is 30.4. The Balaban J connectivity index is 0.000000354. The van der Waals surface area contributed by atoms with Gasteiger partial charge in [-0.05, 0) is 309 Å². The van der Waals surface area contributed by atoms with E-state index >= 15 is 0 Å². The van der Waals surface area contributed by atoms with Gasteiger partial charge in [0, 0.05) is 115 Å². The first-order valence-corrected chi connectivity index (χ1v) is 38.8. The number of halogens is 3. The van der Waals surface area contributed by atoms with E-state index < -0.39 is 0 Å². The fourth-order valence-corrected chi connectivity index (χ4v) is 14.7. The molecule has 6 aromatic carbocycles. The van der Waals surface area contributed by atoms with Crippen LogP contribution in [0.2, 0.25) is 0 Å². The van der Waals surface area contributed by atoms with Crippen molar-refractivity contribution in [2.45, 2.75) is 156 Å². The number of benzene rings is 6. The lowest BCUT2D eigenvalue weighted by Gasteiger charge is -2.33. The Morgan fingerprint density at radius 2 is 0.798 bits per heavy atom. The highest BCUT2D eigenvalue weighted by molar-refractivity contribution is 5.92. The molecule has 27 heteroatoms. The van der Waals surface area contributed by atoms with E-state index in [9.17, 15) is 27.6 Å². The highest BCUT2D eigenvalue weighted by Gasteiger charge is 2.25. The number of piperidine rings is 3. The average molecular weight is 1510 g/mol. The molecule has 109 heavy (non-hydrogen) atoms. The summed E-state index contributed by atoms with van der Waals surface area (Å²) in [5.74, 6) is 3.75. The number of tetrazole rings is 3. The number of aromatic nitrogens is 12. The van der Waals surface area contributed by atoms with Crippen molar-refractivity contribution in [3.63, 3.8) is 0 Å². The highest BCUT2D eigenvalue weighted by atomic mass is 19.1. The van der Waals surface area contributed by atoms with E-state index in [-0.39, 0.29) is 56.2 Å². The molecule has 3 aliphatic rings. The minimum absolute atomic E-state index is 0.